The zero-order valence-corrected chi connectivity index (χ0v) is 11.9. The lowest BCUT2D eigenvalue weighted by Crippen LogP contribution is -2.15. The van der Waals surface area contributed by atoms with Crippen LogP contribution in [0.1, 0.15) is 32.8 Å². The maximum Gasteiger partial charge on any atom is 0.121 e. The van der Waals surface area contributed by atoms with E-state index in [1.807, 2.05) is 6.07 Å². The van der Waals surface area contributed by atoms with Crippen LogP contribution in [0.3, 0.4) is 0 Å². The molecule has 1 atom stereocenters. The Morgan fingerprint density at radius 1 is 1.41 bits per heavy atom. The van der Waals surface area contributed by atoms with Gasteiger partial charge in [0.25, 0.3) is 0 Å². The molecule has 0 bridgehead atoms. The van der Waals surface area contributed by atoms with Crippen molar-refractivity contribution in [1.29, 1.82) is 0 Å². The van der Waals surface area contributed by atoms with Gasteiger partial charge in [0.1, 0.15) is 10.7 Å². The van der Waals surface area contributed by atoms with E-state index in [2.05, 4.69) is 20.8 Å². The van der Waals surface area contributed by atoms with Crippen LogP contribution in [0.2, 0.25) is 5.02 Å². The topological polar surface area (TPSA) is 35.2 Å². The molecule has 0 aliphatic carbocycles. The molecule has 1 aromatic rings. The van der Waals surface area contributed by atoms with Gasteiger partial charge in [-0.25, -0.2) is 0 Å². The molecule has 0 aromatic heterocycles. The minimum Gasteiger partial charge on any atom is -0.491 e. The van der Waals surface area contributed by atoms with Crippen molar-refractivity contribution in [2.24, 2.45) is 11.7 Å². The molecule has 4 heteroatoms. The molecule has 1 aromatic carbocycles. The van der Waals surface area contributed by atoms with Gasteiger partial charge in [-0.3, -0.25) is 0 Å². The zero-order valence-electron chi connectivity index (χ0n) is 10.4. The number of benzene rings is 1. The molecule has 0 spiro atoms. The van der Waals surface area contributed by atoms with Gasteiger partial charge in [-0.2, -0.15) is 0 Å². The lowest BCUT2D eigenvalue weighted by molar-refractivity contribution is 0.193. The standard InChI is InChI=1S/C13H18ClNOS/c1-8(2)6-9(3)16-10-4-5-11(13(15)17)12(14)7-10/h4-5,7-9H,6H2,1-3H3,(H2,15,17). The van der Waals surface area contributed by atoms with E-state index >= 15 is 0 Å². The van der Waals surface area contributed by atoms with Crippen molar-refractivity contribution in [1.82, 2.24) is 0 Å². The third-order valence-corrected chi connectivity index (χ3v) is 2.88. The molecule has 0 fully saturated rings. The van der Waals surface area contributed by atoms with Crippen LogP contribution in [0.4, 0.5) is 0 Å². The number of hydrogen-bond acceptors (Lipinski definition) is 2. The summed E-state index contributed by atoms with van der Waals surface area (Å²) in [4.78, 5) is 0.303. The maximum absolute atomic E-state index is 6.07. The number of halogens is 1. The van der Waals surface area contributed by atoms with Gasteiger partial charge in [0.15, 0.2) is 0 Å². The Hall–Kier alpha value is -0.800. The van der Waals surface area contributed by atoms with Crippen LogP contribution in [0.5, 0.6) is 5.75 Å². The summed E-state index contributed by atoms with van der Waals surface area (Å²) in [7, 11) is 0. The molecule has 0 aliphatic heterocycles. The van der Waals surface area contributed by atoms with Gasteiger partial charge in [-0.15, -0.1) is 0 Å². The largest absolute Gasteiger partial charge is 0.491 e. The van der Waals surface area contributed by atoms with Crippen molar-refractivity contribution in [2.45, 2.75) is 33.3 Å². The van der Waals surface area contributed by atoms with Crippen molar-refractivity contribution >= 4 is 28.8 Å². The second kappa shape index (κ2) is 6.22. The summed E-state index contributed by atoms with van der Waals surface area (Å²) in [6.07, 6.45) is 1.18. The minimum atomic E-state index is 0.168. The van der Waals surface area contributed by atoms with Crippen molar-refractivity contribution in [3.63, 3.8) is 0 Å². The minimum absolute atomic E-state index is 0.168. The first-order valence-electron chi connectivity index (χ1n) is 5.66. The van der Waals surface area contributed by atoms with Crippen LogP contribution in [0, 0.1) is 5.92 Å². The molecule has 0 heterocycles. The lowest BCUT2D eigenvalue weighted by Gasteiger charge is -2.17. The molecular weight excluding hydrogens is 254 g/mol. The van der Waals surface area contributed by atoms with E-state index in [1.165, 1.54) is 0 Å². The Bertz CT molecular complexity index is 406. The molecule has 2 N–H and O–H groups in total. The van der Waals surface area contributed by atoms with Gasteiger partial charge in [-0.05, 0) is 37.5 Å². The van der Waals surface area contributed by atoms with E-state index < -0.39 is 0 Å². The maximum atomic E-state index is 6.07. The lowest BCUT2D eigenvalue weighted by atomic mass is 10.1. The van der Waals surface area contributed by atoms with E-state index in [0.717, 1.165) is 12.2 Å². The molecule has 0 saturated heterocycles. The van der Waals surface area contributed by atoms with Crippen molar-refractivity contribution in [3.05, 3.63) is 28.8 Å². The van der Waals surface area contributed by atoms with Crippen LogP contribution in [-0.2, 0) is 0 Å². The highest BCUT2D eigenvalue weighted by Gasteiger charge is 2.09. The van der Waals surface area contributed by atoms with Crippen molar-refractivity contribution in [3.8, 4) is 5.75 Å². The van der Waals surface area contributed by atoms with Crippen LogP contribution < -0.4 is 10.5 Å². The summed E-state index contributed by atoms with van der Waals surface area (Å²) in [6.45, 7) is 6.39. The molecule has 2 nitrogen and oxygen atoms in total. The monoisotopic (exact) mass is 271 g/mol. The van der Waals surface area contributed by atoms with Crippen LogP contribution in [-0.4, -0.2) is 11.1 Å². The summed E-state index contributed by atoms with van der Waals surface area (Å²) in [5, 5.41) is 0.534. The number of hydrogen-bond donors (Lipinski definition) is 1. The van der Waals surface area contributed by atoms with Gasteiger partial charge in [-0.1, -0.05) is 37.7 Å². The second-order valence-corrected chi connectivity index (χ2v) is 5.41. The molecular formula is C13H18ClNOS. The Balaban J connectivity index is 2.74. The highest BCUT2D eigenvalue weighted by atomic mass is 35.5. The van der Waals surface area contributed by atoms with E-state index in [-0.39, 0.29) is 6.10 Å². The number of rotatable bonds is 5. The Kier molecular flexibility index (Phi) is 5.22. The van der Waals surface area contributed by atoms with Gasteiger partial charge in [0.05, 0.1) is 11.1 Å². The third-order valence-electron chi connectivity index (χ3n) is 2.35. The third kappa shape index (κ3) is 4.52. The predicted octanol–water partition coefficient (Wildman–Crippen LogP) is 3.79. The molecule has 1 unspecified atom stereocenters. The van der Waals surface area contributed by atoms with E-state index in [9.17, 15) is 0 Å². The Morgan fingerprint density at radius 2 is 2.06 bits per heavy atom. The first-order valence-corrected chi connectivity index (χ1v) is 6.44. The fourth-order valence-electron chi connectivity index (χ4n) is 1.71. The zero-order chi connectivity index (χ0) is 13.0. The van der Waals surface area contributed by atoms with Crippen molar-refractivity contribution < 1.29 is 4.74 Å². The van der Waals surface area contributed by atoms with Crippen molar-refractivity contribution in [2.75, 3.05) is 0 Å². The normalized spacial score (nSPS) is 12.5. The number of nitrogens with two attached hydrogens (primary N) is 1. The molecule has 1 rings (SSSR count). The van der Waals surface area contributed by atoms with Gasteiger partial charge in [0, 0.05) is 5.56 Å². The SMILES string of the molecule is CC(C)CC(C)Oc1ccc(C(N)=S)c(Cl)c1. The second-order valence-electron chi connectivity index (χ2n) is 4.56. The summed E-state index contributed by atoms with van der Waals surface area (Å²) in [5.74, 6) is 1.36. The van der Waals surface area contributed by atoms with Crippen LogP contribution in [0.25, 0.3) is 0 Å². The fraction of sp³-hybridized carbons (Fsp3) is 0.462. The number of thiocarbonyl (C=S) groups is 1. The summed E-state index contributed by atoms with van der Waals surface area (Å²) < 4.78 is 5.77. The van der Waals surface area contributed by atoms with Gasteiger partial charge >= 0.3 is 0 Å². The first kappa shape index (κ1) is 14.3. The van der Waals surface area contributed by atoms with E-state index in [4.69, 9.17) is 34.3 Å². The smallest absolute Gasteiger partial charge is 0.121 e. The van der Waals surface area contributed by atoms with E-state index in [1.54, 1.807) is 12.1 Å². The average Bonchev–Trinajstić information content (AvgIpc) is 2.15. The molecule has 0 amide bonds. The Morgan fingerprint density at radius 3 is 2.53 bits per heavy atom. The quantitative estimate of drug-likeness (QED) is 0.828. The van der Waals surface area contributed by atoms with Crippen LogP contribution in [0.15, 0.2) is 18.2 Å². The number of ether oxygens (including phenoxy) is 1. The Labute approximate surface area is 113 Å². The molecule has 17 heavy (non-hydrogen) atoms. The predicted molar refractivity (Wildman–Crippen MR) is 76.9 cm³/mol. The van der Waals surface area contributed by atoms with Crippen LogP contribution >= 0.6 is 23.8 Å². The first-order chi connectivity index (χ1) is 7.90. The summed E-state index contributed by atoms with van der Waals surface area (Å²) in [5.41, 5.74) is 6.22. The van der Waals surface area contributed by atoms with E-state index in [0.29, 0.717) is 21.5 Å². The van der Waals surface area contributed by atoms with Gasteiger partial charge in [0.2, 0.25) is 0 Å². The molecule has 0 aliphatic rings. The molecule has 0 saturated carbocycles. The van der Waals surface area contributed by atoms with Gasteiger partial charge < -0.3 is 10.5 Å². The molecule has 94 valence electrons. The highest BCUT2D eigenvalue weighted by molar-refractivity contribution is 7.80. The average molecular weight is 272 g/mol. The summed E-state index contributed by atoms with van der Waals surface area (Å²) in [6, 6.07) is 5.40. The molecule has 0 radical (unpaired) electrons. The highest BCUT2D eigenvalue weighted by Crippen LogP contribution is 2.24. The fourth-order valence-corrected chi connectivity index (χ4v) is 2.22. The summed E-state index contributed by atoms with van der Waals surface area (Å²) >= 11 is 11.0.